The molecule has 0 aromatic heterocycles. The largest absolute Gasteiger partial charge is 0.348 e. The molecule has 1 amide bonds. The number of carbonyl (C=O) groups excluding carboxylic acids is 1. The van der Waals surface area contributed by atoms with Crippen molar-refractivity contribution >= 4 is 30.7 Å². The smallest absolute Gasteiger partial charge is 0.251 e. The van der Waals surface area contributed by atoms with E-state index >= 15 is 0 Å². The molecule has 2 aromatic rings. The summed E-state index contributed by atoms with van der Waals surface area (Å²) in [6, 6.07) is 16.8. The van der Waals surface area contributed by atoms with Crippen molar-refractivity contribution < 1.29 is 4.79 Å². The molecule has 1 unspecified atom stereocenters. The summed E-state index contributed by atoms with van der Waals surface area (Å²) < 4.78 is 0. The fourth-order valence-corrected chi connectivity index (χ4v) is 3.64. The molecule has 0 aliphatic carbocycles. The molecule has 0 radical (unpaired) electrons. The third kappa shape index (κ3) is 4.77. The van der Waals surface area contributed by atoms with Crippen LogP contribution in [0.15, 0.2) is 48.5 Å². The predicted octanol–water partition coefficient (Wildman–Crippen LogP) is 3.14. The molecule has 1 fully saturated rings. The van der Waals surface area contributed by atoms with Crippen molar-refractivity contribution in [3.05, 3.63) is 70.8 Å². The van der Waals surface area contributed by atoms with E-state index in [1.807, 2.05) is 18.2 Å². The van der Waals surface area contributed by atoms with Gasteiger partial charge in [0.05, 0.1) is 0 Å². The summed E-state index contributed by atoms with van der Waals surface area (Å²) >= 11 is 0. The molecule has 26 heavy (non-hydrogen) atoms. The van der Waals surface area contributed by atoms with Gasteiger partial charge in [0.2, 0.25) is 0 Å². The summed E-state index contributed by atoms with van der Waals surface area (Å²) in [5.74, 6) is 0.0521. The first-order chi connectivity index (χ1) is 11.8. The number of nitrogens with one attached hydrogen (secondary N) is 2. The number of hydrogen-bond acceptors (Lipinski definition) is 3. The van der Waals surface area contributed by atoms with Crippen LogP contribution in [0.25, 0.3) is 0 Å². The monoisotopic (exact) mass is 393 g/mol. The molecular weight excluding hydrogens is 369 g/mol. The third-order valence-corrected chi connectivity index (χ3v) is 4.96. The lowest BCUT2D eigenvalue weighted by atomic mass is 10.1. The second kappa shape index (κ2) is 9.38. The fraction of sp³-hybridized carbons (Fsp3) is 0.350. The van der Waals surface area contributed by atoms with E-state index in [0.29, 0.717) is 0 Å². The highest BCUT2D eigenvalue weighted by atomic mass is 35.5. The second-order valence-corrected chi connectivity index (χ2v) is 6.77. The maximum Gasteiger partial charge on any atom is 0.251 e. The molecule has 2 aromatic carbocycles. The molecule has 2 heterocycles. The Labute approximate surface area is 167 Å². The highest BCUT2D eigenvalue weighted by molar-refractivity contribution is 5.94. The number of nitrogens with zero attached hydrogens (tertiary/aromatic N) is 1. The van der Waals surface area contributed by atoms with Crippen molar-refractivity contribution in [1.82, 2.24) is 15.5 Å². The van der Waals surface area contributed by atoms with Gasteiger partial charge in [-0.3, -0.25) is 9.69 Å². The van der Waals surface area contributed by atoms with Gasteiger partial charge in [0, 0.05) is 44.3 Å². The maximum absolute atomic E-state index is 12.5. The van der Waals surface area contributed by atoms with Gasteiger partial charge >= 0.3 is 0 Å². The number of amides is 1. The molecule has 6 heteroatoms. The van der Waals surface area contributed by atoms with Crippen LogP contribution < -0.4 is 10.6 Å². The highest BCUT2D eigenvalue weighted by Crippen LogP contribution is 2.18. The molecule has 4 rings (SSSR count). The van der Waals surface area contributed by atoms with Crippen LogP contribution >= 0.6 is 24.8 Å². The summed E-state index contributed by atoms with van der Waals surface area (Å²) in [4.78, 5) is 14.9. The van der Waals surface area contributed by atoms with E-state index in [0.717, 1.165) is 44.7 Å². The molecular formula is C20H25Cl2N3O. The summed E-state index contributed by atoms with van der Waals surface area (Å²) in [7, 11) is 0. The van der Waals surface area contributed by atoms with Gasteiger partial charge < -0.3 is 10.6 Å². The van der Waals surface area contributed by atoms with Crippen LogP contribution in [-0.4, -0.2) is 29.9 Å². The van der Waals surface area contributed by atoms with E-state index in [4.69, 9.17) is 0 Å². The highest BCUT2D eigenvalue weighted by Gasteiger charge is 2.24. The van der Waals surface area contributed by atoms with Gasteiger partial charge in [-0.05, 0) is 35.2 Å². The van der Waals surface area contributed by atoms with Gasteiger partial charge in [0.15, 0.2) is 0 Å². The number of rotatable bonds is 4. The van der Waals surface area contributed by atoms with Crippen molar-refractivity contribution in [3.63, 3.8) is 0 Å². The Kier molecular flexibility index (Phi) is 7.47. The van der Waals surface area contributed by atoms with E-state index in [1.165, 1.54) is 16.7 Å². The van der Waals surface area contributed by atoms with Crippen LogP contribution in [0.3, 0.4) is 0 Å². The number of likely N-dealkylation sites (tertiary alicyclic amines) is 1. The molecule has 4 nitrogen and oxygen atoms in total. The fourth-order valence-electron chi connectivity index (χ4n) is 3.64. The van der Waals surface area contributed by atoms with Crippen molar-refractivity contribution in [3.8, 4) is 0 Å². The summed E-state index contributed by atoms with van der Waals surface area (Å²) in [6.07, 6.45) is 1.02. The van der Waals surface area contributed by atoms with Gasteiger partial charge in [-0.1, -0.05) is 36.4 Å². The van der Waals surface area contributed by atoms with E-state index < -0.39 is 0 Å². The average Bonchev–Trinajstić information content (AvgIpc) is 3.24. The Hall–Kier alpha value is -1.59. The Morgan fingerprint density at radius 3 is 2.65 bits per heavy atom. The zero-order chi connectivity index (χ0) is 16.4. The number of benzene rings is 2. The van der Waals surface area contributed by atoms with Gasteiger partial charge in [-0.25, -0.2) is 0 Å². The van der Waals surface area contributed by atoms with Crippen LogP contribution in [-0.2, 0) is 19.6 Å². The Balaban J connectivity index is 0.00000121. The molecule has 0 spiro atoms. The Morgan fingerprint density at radius 1 is 1.08 bits per heavy atom. The molecule has 1 atom stereocenters. The standard InChI is InChI=1S/C20H23N3O.2ClH/c24-20(16-6-7-17-11-21-12-18(17)10-16)22-19-8-9-23(14-19)13-15-4-2-1-3-5-15;;/h1-7,10,19,21H,8-9,11-14H2,(H,22,24);2*1H. The van der Waals surface area contributed by atoms with Crippen LogP contribution in [0, 0.1) is 0 Å². The molecule has 1 saturated heterocycles. The van der Waals surface area contributed by atoms with Crippen molar-refractivity contribution in [2.75, 3.05) is 13.1 Å². The summed E-state index contributed by atoms with van der Waals surface area (Å²) in [5.41, 5.74) is 4.66. The van der Waals surface area contributed by atoms with E-state index in [1.54, 1.807) is 0 Å². The second-order valence-electron chi connectivity index (χ2n) is 6.77. The minimum Gasteiger partial charge on any atom is -0.348 e. The van der Waals surface area contributed by atoms with Crippen LogP contribution in [0.4, 0.5) is 0 Å². The molecule has 2 aliphatic heterocycles. The Bertz CT molecular complexity index is 739. The SMILES string of the molecule is Cl.Cl.O=C(NC1CCN(Cc2ccccc2)C1)c1ccc2c(c1)CNC2. The molecule has 140 valence electrons. The first-order valence-electron chi connectivity index (χ1n) is 8.67. The molecule has 0 saturated carbocycles. The quantitative estimate of drug-likeness (QED) is 0.838. The minimum absolute atomic E-state index is 0. The summed E-state index contributed by atoms with van der Waals surface area (Å²) in [6.45, 7) is 4.69. The number of halogens is 2. The molecule has 0 bridgehead atoms. The van der Waals surface area contributed by atoms with E-state index in [9.17, 15) is 4.79 Å². The molecule has 2 N–H and O–H groups in total. The lowest BCUT2D eigenvalue weighted by Crippen LogP contribution is -2.37. The van der Waals surface area contributed by atoms with Crippen molar-refractivity contribution in [1.29, 1.82) is 0 Å². The third-order valence-electron chi connectivity index (χ3n) is 4.96. The van der Waals surface area contributed by atoms with Crippen LogP contribution in [0.5, 0.6) is 0 Å². The van der Waals surface area contributed by atoms with E-state index in [-0.39, 0.29) is 36.8 Å². The predicted molar refractivity (Wildman–Crippen MR) is 109 cm³/mol. The average molecular weight is 394 g/mol. The van der Waals surface area contributed by atoms with Gasteiger partial charge in [0.25, 0.3) is 5.91 Å². The van der Waals surface area contributed by atoms with Gasteiger partial charge in [0.1, 0.15) is 0 Å². The van der Waals surface area contributed by atoms with Crippen LogP contribution in [0.2, 0.25) is 0 Å². The zero-order valence-corrected chi connectivity index (χ0v) is 16.2. The number of hydrogen-bond donors (Lipinski definition) is 2. The lowest BCUT2D eigenvalue weighted by molar-refractivity contribution is 0.0937. The van der Waals surface area contributed by atoms with Crippen LogP contribution in [0.1, 0.15) is 33.5 Å². The Morgan fingerprint density at radius 2 is 1.85 bits per heavy atom. The summed E-state index contributed by atoms with van der Waals surface area (Å²) in [5, 5.41) is 6.52. The van der Waals surface area contributed by atoms with Gasteiger partial charge in [-0.15, -0.1) is 24.8 Å². The van der Waals surface area contributed by atoms with Gasteiger partial charge in [-0.2, -0.15) is 0 Å². The number of carbonyl (C=O) groups is 1. The molecule has 2 aliphatic rings. The minimum atomic E-state index is 0. The normalized spacial score (nSPS) is 18.5. The zero-order valence-electron chi connectivity index (χ0n) is 14.6. The lowest BCUT2D eigenvalue weighted by Gasteiger charge is -2.17. The first kappa shape index (κ1) is 20.7. The number of fused-ring (bicyclic) bond motifs is 1. The first-order valence-corrected chi connectivity index (χ1v) is 8.67. The topological polar surface area (TPSA) is 44.4 Å². The maximum atomic E-state index is 12.5. The van der Waals surface area contributed by atoms with Crippen molar-refractivity contribution in [2.24, 2.45) is 0 Å². The van der Waals surface area contributed by atoms with E-state index in [2.05, 4.69) is 45.9 Å². The van der Waals surface area contributed by atoms with Crippen molar-refractivity contribution in [2.45, 2.75) is 32.1 Å².